The summed E-state index contributed by atoms with van der Waals surface area (Å²) in [6.45, 7) is 0.518. The first-order chi connectivity index (χ1) is 11.2. The number of nitrogens with one attached hydrogen (secondary N) is 1. The third kappa shape index (κ3) is 4.33. The van der Waals surface area contributed by atoms with Gasteiger partial charge in [0.2, 0.25) is 0 Å². The van der Waals surface area contributed by atoms with Gasteiger partial charge in [0.15, 0.2) is 6.61 Å². The summed E-state index contributed by atoms with van der Waals surface area (Å²) in [5, 5.41) is 5.05. The second kappa shape index (κ2) is 7.29. The van der Waals surface area contributed by atoms with Crippen molar-refractivity contribution in [3.05, 3.63) is 76.8 Å². The maximum Gasteiger partial charge on any atom is 0.258 e. The fourth-order valence-corrected chi connectivity index (χ4v) is 2.66. The Labute approximate surface area is 143 Å². The van der Waals surface area contributed by atoms with E-state index in [1.54, 1.807) is 0 Å². The molecule has 0 aliphatic heterocycles. The van der Waals surface area contributed by atoms with Crippen LogP contribution in [0.15, 0.2) is 71.2 Å². The fraction of sp³-hybridized carbons (Fsp3) is 0.105. The van der Waals surface area contributed by atoms with Gasteiger partial charge in [-0.3, -0.25) is 4.79 Å². The van der Waals surface area contributed by atoms with Crippen LogP contribution in [0, 0.1) is 0 Å². The average Bonchev–Trinajstić information content (AvgIpc) is 2.59. The number of rotatable bonds is 5. The van der Waals surface area contributed by atoms with E-state index in [2.05, 4.69) is 21.2 Å². The summed E-state index contributed by atoms with van der Waals surface area (Å²) < 4.78 is 6.61. The van der Waals surface area contributed by atoms with Crippen LogP contribution < -0.4 is 10.1 Å². The topological polar surface area (TPSA) is 38.3 Å². The summed E-state index contributed by atoms with van der Waals surface area (Å²) in [5.41, 5.74) is 1.07. The van der Waals surface area contributed by atoms with Crippen LogP contribution in [0.3, 0.4) is 0 Å². The number of carbonyl (C=O) groups excluding carboxylic acids is 1. The van der Waals surface area contributed by atoms with E-state index < -0.39 is 0 Å². The molecular weight excluding hydrogens is 354 g/mol. The Morgan fingerprint density at radius 2 is 1.70 bits per heavy atom. The number of hydrogen-bond acceptors (Lipinski definition) is 2. The Morgan fingerprint density at radius 3 is 2.52 bits per heavy atom. The van der Waals surface area contributed by atoms with Crippen molar-refractivity contribution in [2.24, 2.45) is 0 Å². The Hall–Kier alpha value is -2.33. The maximum atomic E-state index is 11.9. The predicted molar refractivity (Wildman–Crippen MR) is 95.4 cm³/mol. The fourth-order valence-electron chi connectivity index (χ4n) is 2.28. The molecule has 0 heterocycles. The van der Waals surface area contributed by atoms with Gasteiger partial charge in [-0.25, -0.2) is 0 Å². The van der Waals surface area contributed by atoms with Gasteiger partial charge in [0.25, 0.3) is 5.91 Å². The zero-order valence-corrected chi connectivity index (χ0v) is 14.0. The minimum atomic E-state index is -0.134. The first-order valence-electron chi connectivity index (χ1n) is 7.33. The molecule has 3 aromatic rings. The van der Waals surface area contributed by atoms with E-state index in [4.69, 9.17) is 4.74 Å². The molecule has 0 unspecified atom stereocenters. The van der Waals surface area contributed by atoms with E-state index in [-0.39, 0.29) is 12.5 Å². The number of hydrogen-bond donors (Lipinski definition) is 1. The first kappa shape index (κ1) is 15.6. The van der Waals surface area contributed by atoms with Gasteiger partial charge < -0.3 is 10.1 Å². The highest BCUT2D eigenvalue weighted by Gasteiger charge is 2.04. The SMILES string of the molecule is O=C(COc1ccc2cc(Br)ccc2c1)NCc1ccccc1. The van der Waals surface area contributed by atoms with E-state index in [9.17, 15) is 4.79 Å². The van der Waals surface area contributed by atoms with Crippen molar-refractivity contribution in [3.63, 3.8) is 0 Å². The van der Waals surface area contributed by atoms with Crippen molar-refractivity contribution in [2.45, 2.75) is 6.54 Å². The van der Waals surface area contributed by atoms with Crippen molar-refractivity contribution in [2.75, 3.05) is 6.61 Å². The summed E-state index contributed by atoms with van der Waals surface area (Å²) >= 11 is 3.45. The van der Waals surface area contributed by atoms with Crippen molar-refractivity contribution in [1.82, 2.24) is 5.32 Å². The molecule has 4 heteroatoms. The van der Waals surface area contributed by atoms with Gasteiger partial charge in [-0.2, -0.15) is 0 Å². The minimum Gasteiger partial charge on any atom is -0.484 e. The highest BCUT2D eigenvalue weighted by atomic mass is 79.9. The highest BCUT2D eigenvalue weighted by molar-refractivity contribution is 9.10. The van der Waals surface area contributed by atoms with Gasteiger partial charge in [-0.15, -0.1) is 0 Å². The highest BCUT2D eigenvalue weighted by Crippen LogP contribution is 2.24. The molecule has 0 bridgehead atoms. The summed E-state index contributed by atoms with van der Waals surface area (Å²) in [6, 6.07) is 21.6. The van der Waals surface area contributed by atoms with Crippen LogP contribution in [0.1, 0.15) is 5.56 Å². The molecule has 1 N–H and O–H groups in total. The van der Waals surface area contributed by atoms with Crippen LogP contribution in [0.4, 0.5) is 0 Å². The summed E-state index contributed by atoms with van der Waals surface area (Å²) in [5.74, 6) is 0.555. The maximum absolute atomic E-state index is 11.9. The van der Waals surface area contributed by atoms with Crippen molar-refractivity contribution < 1.29 is 9.53 Å². The normalized spacial score (nSPS) is 10.5. The van der Waals surface area contributed by atoms with Crippen LogP contribution >= 0.6 is 15.9 Å². The lowest BCUT2D eigenvalue weighted by Gasteiger charge is -2.08. The van der Waals surface area contributed by atoms with E-state index >= 15 is 0 Å². The summed E-state index contributed by atoms with van der Waals surface area (Å²) in [7, 11) is 0. The number of ether oxygens (including phenoxy) is 1. The Bertz CT molecular complexity index is 818. The predicted octanol–water partition coefficient (Wildman–Crippen LogP) is 4.30. The molecule has 3 rings (SSSR count). The van der Waals surface area contributed by atoms with Gasteiger partial charge in [-0.05, 0) is 40.6 Å². The van der Waals surface area contributed by atoms with Crippen molar-refractivity contribution in [1.29, 1.82) is 0 Å². The molecular formula is C19H16BrNO2. The molecule has 0 atom stereocenters. The van der Waals surface area contributed by atoms with E-state index in [1.165, 1.54) is 0 Å². The lowest BCUT2D eigenvalue weighted by molar-refractivity contribution is -0.123. The lowest BCUT2D eigenvalue weighted by Crippen LogP contribution is -2.28. The van der Waals surface area contributed by atoms with Crippen LogP contribution in [0.25, 0.3) is 10.8 Å². The molecule has 0 saturated carbocycles. The molecule has 116 valence electrons. The molecule has 3 aromatic carbocycles. The second-order valence-corrected chi connectivity index (χ2v) is 6.12. The van der Waals surface area contributed by atoms with Crippen LogP contribution in [-0.4, -0.2) is 12.5 Å². The second-order valence-electron chi connectivity index (χ2n) is 5.20. The molecule has 0 aromatic heterocycles. The Balaban J connectivity index is 1.55. The molecule has 1 amide bonds. The molecule has 0 aliphatic rings. The molecule has 3 nitrogen and oxygen atoms in total. The molecule has 0 saturated heterocycles. The van der Waals surface area contributed by atoms with E-state index in [1.807, 2.05) is 66.7 Å². The zero-order chi connectivity index (χ0) is 16.1. The number of halogens is 1. The molecule has 0 aliphatic carbocycles. The summed E-state index contributed by atoms with van der Waals surface area (Å²) in [6.07, 6.45) is 0. The van der Waals surface area contributed by atoms with Gasteiger partial charge >= 0.3 is 0 Å². The molecule has 0 radical (unpaired) electrons. The Morgan fingerprint density at radius 1 is 0.957 bits per heavy atom. The van der Waals surface area contributed by atoms with Gasteiger partial charge in [-0.1, -0.05) is 58.4 Å². The van der Waals surface area contributed by atoms with Crippen LogP contribution in [0.5, 0.6) is 5.75 Å². The molecule has 23 heavy (non-hydrogen) atoms. The third-order valence-electron chi connectivity index (χ3n) is 3.48. The summed E-state index contributed by atoms with van der Waals surface area (Å²) in [4.78, 5) is 11.9. The number of fused-ring (bicyclic) bond motifs is 1. The van der Waals surface area contributed by atoms with Gasteiger partial charge in [0.05, 0.1) is 0 Å². The minimum absolute atomic E-state index is 0.00880. The Kier molecular flexibility index (Phi) is 4.93. The van der Waals surface area contributed by atoms with E-state index in [0.717, 1.165) is 20.8 Å². The van der Waals surface area contributed by atoms with Gasteiger partial charge in [0.1, 0.15) is 5.75 Å². The largest absolute Gasteiger partial charge is 0.484 e. The number of benzene rings is 3. The van der Waals surface area contributed by atoms with Crippen LogP contribution in [-0.2, 0) is 11.3 Å². The van der Waals surface area contributed by atoms with E-state index in [0.29, 0.717) is 12.3 Å². The quantitative estimate of drug-likeness (QED) is 0.727. The number of amides is 1. The zero-order valence-electron chi connectivity index (χ0n) is 12.5. The molecule has 0 spiro atoms. The first-order valence-corrected chi connectivity index (χ1v) is 8.13. The smallest absolute Gasteiger partial charge is 0.258 e. The monoisotopic (exact) mass is 369 g/mol. The van der Waals surface area contributed by atoms with Crippen molar-refractivity contribution >= 4 is 32.6 Å². The molecule has 0 fully saturated rings. The van der Waals surface area contributed by atoms with Gasteiger partial charge in [0, 0.05) is 11.0 Å². The third-order valence-corrected chi connectivity index (χ3v) is 3.97. The lowest BCUT2D eigenvalue weighted by atomic mass is 10.1. The number of carbonyl (C=O) groups is 1. The standard InChI is InChI=1S/C19H16BrNO2/c20-17-8-6-16-11-18(9-7-15(16)10-17)23-13-19(22)21-12-14-4-2-1-3-5-14/h1-11H,12-13H2,(H,21,22). The van der Waals surface area contributed by atoms with Crippen molar-refractivity contribution in [3.8, 4) is 5.75 Å². The van der Waals surface area contributed by atoms with Crippen LogP contribution in [0.2, 0.25) is 0 Å². The average molecular weight is 370 g/mol.